The number of hydrogen-bond acceptors (Lipinski definition) is 5. The minimum absolute atomic E-state index is 0.0721. The van der Waals surface area contributed by atoms with Crippen LogP contribution in [0, 0.1) is 0 Å². The number of urea groups is 1. The molecule has 0 radical (unpaired) electrons. The van der Waals surface area contributed by atoms with Gasteiger partial charge in [0.15, 0.2) is 11.5 Å². The maximum Gasteiger partial charge on any atom is 0.417 e. The molecular weight excluding hydrogens is 441 g/mol. The van der Waals surface area contributed by atoms with Crippen LogP contribution in [0.5, 0.6) is 0 Å². The van der Waals surface area contributed by atoms with Gasteiger partial charge in [0.25, 0.3) is 5.91 Å². The number of alkyl halides is 3. The normalized spacial score (nSPS) is 19.9. The summed E-state index contributed by atoms with van der Waals surface area (Å²) in [7, 11) is 0. The van der Waals surface area contributed by atoms with Gasteiger partial charge in [-0.3, -0.25) is 18.9 Å². The standard InChI is InChI=1S/C21H17F3N6O3/c22-21(23,24)13-5-6-15-27-28-16(29(15)10-13)9-25-17(31)11-30-18(32)20(26-19(30)33)8-7-12-3-1-2-4-14(12)20/h1-6,10H,7-9,11H2,(H,25,31)(H,26,33). The lowest BCUT2D eigenvalue weighted by molar-refractivity contribution is -0.138. The quantitative estimate of drug-likeness (QED) is 0.580. The molecule has 3 aromatic rings. The Bertz CT molecular complexity index is 1300. The predicted octanol–water partition coefficient (Wildman–Crippen LogP) is 1.76. The first-order valence-corrected chi connectivity index (χ1v) is 10.1. The van der Waals surface area contributed by atoms with Gasteiger partial charge in [-0.05, 0) is 36.1 Å². The van der Waals surface area contributed by atoms with Gasteiger partial charge in [0.2, 0.25) is 5.91 Å². The van der Waals surface area contributed by atoms with Crippen LogP contribution in [0.25, 0.3) is 5.65 Å². The van der Waals surface area contributed by atoms with Crippen molar-refractivity contribution < 1.29 is 27.6 Å². The Balaban J connectivity index is 1.29. The van der Waals surface area contributed by atoms with Gasteiger partial charge < -0.3 is 10.6 Å². The molecule has 9 nitrogen and oxygen atoms in total. The molecule has 1 fully saturated rings. The van der Waals surface area contributed by atoms with Crippen molar-refractivity contribution in [3.8, 4) is 0 Å². The molecule has 3 heterocycles. The first-order chi connectivity index (χ1) is 15.7. The number of nitrogens with zero attached hydrogens (tertiary/aromatic N) is 4. The van der Waals surface area contributed by atoms with Crippen molar-refractivity contribution in [2.75, 3.05) is 6.54 Å². The Morgan fingerprint density at radius 1 is 1.15 bits per heavy atom. The number of pyridine rings is 1. The average Bonchev–Trinajstić information content (AvgIpc) is 3.43. The molecular formula is C21H17F3N6O3. The van der Waals surface area contributed by atoms with Crippen molar-refractivity contribution in [2.45, 2.75) is 31.1 Å². The number of aromatic nitrogens is 3. The molecule has 4 amide bonds. The molecule has 2 N–H and O–H groups in total. The minimum Gasteiger partial charge on any atom is -0.347 e. The van der Waals surface area contributed by atoms with E-state index in [4.69, 9.17) is 0 Å². The van der Waals surface area contributed by atoms with Gasteiger partial charge in [-0.25, -0.2) is 4.79 Å². The van der Waals surface area contributed by atoms with E-state index in [1.165, 1.54) is 6.07 Å². The van der Waals surface area contributed by atoms with Crippen molar-refractivity contribution in [3.05, 3.63) is 65.1 Å². The van der Waals surface area contributed by atoms with Gasteiger partial charge in [0.1, 0.15) is 12.1 Å². The van der Waals surface area contributed by atoms with Gasteiger partial charge in [-0.2, -0.15) is 13.2 Å². The van der Waals surface area contributed by atoms with E-state index >= 15 is 0 Å². The number of carbonyl (C=O) groups excluding carboxylic acids is 3. The topological polar surface area (TPSA) is 109 Å². The van der Waals surface area contributed by atoms with Crippen molar-refractivity contribution in [1.82, 2.24) is 30.1 Å². The van der Waals surface area contributed by atoms with E-state index in [0.29, 0.717) is 12.8 Å². The summed E-state index contributed by atoms with van der Waals surface area (Å²) in [6, 6.07) is 8.72. The van der Waals surface area contributed by atoms with E-state index in [1.807, 2.05) is 12.1 Å². The minimum atomic E-state index is -4.54. The molecule has 170 valence electrons. The molecule has 1 aliphatic carbocycles. The highest BCUT2D eigenvalue weighted by atomic mass is 19.4. The number of benzene rings is 1. The summed E-state index contributed by atoms with van der Waals surface area (Å²) in [5, 5.41) is 12.8. The average molecular weight is 458 g/mol. The first kappa shape index (κ1) is 20.9. The van der Waals surface area contributed by atoms with Gasteiger partial charge in [0.05, 0.1) is 12.1 Å². The fraction of sp³-hybridized carbons (Fsp3) is 0.286. The Morgan fingerprint density at radius 2 is 1.94 bits per heavy atom. The van der Waals surface area contributed by atoms with Crippen LogP contribution in [0.4, 0.5) is 18.0 Å². The zero-order valence-corrected chi connectivity index (χ0v) is 17.0. The lowest BCUT2D eigenvalue weighted by Gasteiger charge is -2.22. The van der Waals surface area contributed by atoms with Crippen LogP contribution in [0.2, 0.25) is 0 Å². The summed E-state index contributed by atoms with van der Waals surface area (Å²) in [4.78, 5) is 38.9. The third-order valence-corrected chi connectivity index (χ3v) is 5.97. The molecule has 2 aromatic heterocycles. The third kappa shape index (κ3) is 3.38. The van der Waals surface area contributed by atoms with Crippen LogP contribution in [-0.4, -0.2) is 43.9 Å². The van der Waals surface area contributed by atoms with E-state index in [0.717, 1.165) is 32.7 Å². The monoisotopic (exact) mass is 458 g/mol. The molecule has 5 rings (SSSR count). The van der Waals surface area contributed by atoms with E-state index in [-0.39, 0.29) is 18.0 Å². The van der Waals surface area contributed by atoms with Crippen LogP contribution in [-0.2, 0) is 34.3 Å². The van der Waals surface area contributed by atoms with Crippen molar-refractivity contribution in [3.63, 3.8) is 0 Å². The van der Waals surface area contributed by atoms with Crippen LogP contribution in [0.1, 0.15) is 28.9 Å². The Labute approximate surface area is 184 Å². The highest BCUT2D eigenvalue weighted by Gasteiger charge is 2.55. The molecule has 1 atom stereocenters. The smallest absolute Gasteiger partial charge is 0.347 e. The molecule has 1 unspecified atom stereocenters. The molecule has 1 aliphatic heterocycles. The first-order valence-electron chi connectivity index (χ1n) is 10.1. The number of aryl methyl sites for hydroxylation is 1. The summed E-state index contributed by atoms with van der Waals surface area (Å²) in [5.41, 5.74) is -0.186. The Hall–Kier alpha value is -3.96. The molecule has 33 heavy (non-hydrogen) atoms. The third-order valence-electron chi connectivity index (χ3n) is 5.97. The number of rotatable bonds is 4. The fourth-order valence-electron chi connectivity index (χ4n) is 4.34. The highest BCUT2D eigenvalue weighted by Crippen LogP contribution is 2.41. The summed E-state index contributed by atoms with van der Waals surface area (Å²) < 4.78 is 40.1. The second-order valence-electron chi connectivity index (χ2n) is 7.92. The molecule has 1 aromatic carbocycles. The van der Waals surface area contributed by atoms with Gasteiger partial charge >= 0.3 is 12.2 Å². The highest BCUT2D eigenvalue weighted by molar-refractivity contribution is 6.09. The molecule has 1 saturated heterocycles. The number of imide groups is 1. The maximum atomic E-state index is 13.1. The van der Waals surface area contributed by atoms with Gasteiger partial charge in [0, 0.05) is 6.20 Å². The van der Waals surface area contributed by atoms with E-state index in [2.05, 4.69) is 20.8 Å². The number of halogens is 3. The summed E-state index contributed by atoms with van der Waals surface area (Å²) >= 11 is 0. The van der Waals surface area contributed by atoms with Crippen molar-refractivity contribution in [2.24, 2.45) is 0 Å². The van der Waals surface area contributed by atoms with E-state index in [1.54, 1.807) is 12.1 Å². The molecule has 0 saturated carbocycles. The largest absolute Gasteiger partial charge is 0.417 e. The van der Waals surface area contributed by atoms with Crippen LogP contribution < -0.4 is 10.6 Å². The zero-order valence-electron chi connectivity index (χ0n) is 17.0. The van der Waals surface area contributed by atoms with Crippen LogP contribution >= 0.6 is 0 Å². The second kappa shape index (κ2) is 7.29. The van der Waals surface area contributed by atoms with Crippen LogP contribution in [0.15, 0.2) is 42.6 Å². The number of nitrogens with one attached hydrogen (secondary N) is 2. The lowest BCUT2D eigenvalue weighted by atomic mass is 9.92. The van der Waals surface area contributed by atoms with Crippen LogP contribution in [0.3, 0.4) is 0 Å². The summed E-state index contributed by atoms with van der Waals surface area (Å²) in [6.45, 7) is -0.766. The summed E-state index contributed by atoms with van der Waals surface area (Å²) in [5.74, 6) is -1.09. The van der Waals surface area contributed by atoms with Crippen molar-refractivity contribution in [1.29, 1.82) is 0 Å². The number of amides is 4. The second-order valence-corrected chi connectivity index (χ2v) is 7.92. The zero-order chi connectivity index (χ0) is 23.4. The summed E-state index contributed by atoms with van der Waals surface area (Å²) in [6.07, 6.45) is -2.67. The Kier molecular flexibility index (Phi) is 4.62. The molecule has 12 heteroatoms. The molecule has 2 aliphatic rings. The molecule has 0 bridgehead atoms. The SMILES string of the molecule is O=C(CN1C(=O)NC2(CCc3ccccc32)C1=O)NCc1nnc2ccc(C(F)(F)F)cn12. The Morgan fingerprint density at radius 3 is 2.73 bits per heavy atom. The number of fused-ring (bicyclic) bond motifs is 3. The molecule has 1 spiro atoms. The van der Waals surface area contributed by atoms with Gasteiger partial charge in [-0.15, -0.1) is 10.2 Å². The van der Waals surface area contributed by atoms with E-state index in [9.17, 15) is 27.6 Å². The maximum absolute atomic E-state index is 13.1. The number of carbonyl (C=O) groups is 3. The van der Waals surface area contributed by atoms with Crippen molar-refractivity contribution >= 4 is 23.5 Å². The predicted molar refractivity (Wildman–Crippen MR) is 107 cm³/mol. The fourth-order valence-corrected chi connectivity index (χ4v) is 4.34. The van der Waals surface area contributed by atoms with E-state index < -0.39 is 41.7 Å². The lowest BCUT2D eigenvalue weighted by Crippen LogP contribution is -2.43. The van der Waals surface area contributed by atoms with Gasteiger partial charge in [-0.1, -0.05) is 24.3 Å². The number of hydrogen-bond donors (Lipinski definition) is 2.